The molecule has 48 heavy (non-hydrogen) atoms. The highest BCUT2D eigenvalue weighted by molar-refractivity contribution is 5.96. The summed E-state index contributed by atoms with van der Waals surface area (Å²) in [6.07, 6.45) is -6.71. The maximum absolute atomic E-state index is 14.7. The first kappa shape index (κ1) is 36.3. The molecule has 12 heteroatoms. The molecule has 4 saturated carbocycles. The van der Waals surface area contributed by atoms with Crippen molar-refractivity contribution in [3.8, 4) is 0 Å². The number of aliphatic hydroxyl groups excluding tert-OH is 8. The smallest absolute Gasteiger partial charge is 0.315 e. The van der Waals surface area contributed by atoms with Crippen molar-refractivity contribution in [1.82, 2.24) is 0 Å². The molecule has 272 valence electrons. The van der Waals surface area contributed by atoms with Gasteiger partial charge in [-0.05, 0) is 78.6 Å². The molecule has 0 spiro atoms. The summed E-state index contributed by atoms with van der Waals surface area (Å²) >= 11 is 0. The Bertz CT molecular complexity index is 1350. The Balaban J connectivity index is 1.42. The Kier molecular flexibility index (Phi) is 8.71. The lowest BCUT2D eigenvalue weighted by Crippen LogP contribution is -2.70. The minimum absolute atomic E-state index is 0.158. The molecule has 6 aliphatic rings. The number of esters is 1. The predicted octanol–water partition coefficient (Wildman–Crippen LogP) is 0.585. The van der Waals surface area contributed by atoms with Gasteiger partial charge in [0, 0.05) is 17.3 Å². The highest BCUT2D eigenvalue weighted by atomic mass is 16.7. The summed E-state index contributed by atoms with van der Waals surface area (Å²) in [6.45, 7) is 10.9. The molecule has 5 aliphatic carbocycles. The van der Waals surface area contributed by atoms with Crippen molar-refractivity contribution in [3.63, 3.8) is 0 Å². The molecule has 0 aromatic carbocycles. The van der Waals surface area contributed by atoms with E-state index in [1.807, 2.05) is 20.8 Å². The number of aliphatic hydroxyl groups is 8. The number of fused-ring (bicyclic) bond motifs is 7. The third kappa shape index (κ3) is 4.59. The summed E-state index contributed by atoms with van der Waals surface area (Å²) in [5.41, 5.74) is -4.26. The summed E-state index contributed by atoms with van der Waals surface area (Å²) < 4.78 is 11.3. The molecule has 16 atom stereocenters. The first-order valence-electron chi connectivity index (χ1n) is 17.6. The van der Waals surface area contributed by atoms with Gasteiger partial charge in [0.2, 0.25) is 6.29 Å². The Morgan fingerprint density at radius 1 is 0.875 bits per heavy atom. The lowest BCUT2D eigenvalue weighted by Gasteiger charge is -2.71. The van der Waals surface area contributed by atoms with Crippen LogP contribution < -0.4 is 0 Å². The Hall–Kier alpha value is -1.48. The third-order valence-electron chi connectivity index (χ3n) is 15.2. The normalized spacial score (nSPS) is 54.6. The zero-order valence-electron chi connectivity index (χ0n) is 29.0. The Morgan fingerprint density at radius 3 is 2.15 bits per heavy atom. The van der Waals surface area contributed by atoms with E-state index in [2.05, 4.69) is 13.8 Å². The number of hydrogen-bond donors (Lipinski definition) is 8. The van der Waals surface area contributed by atoms with Gasteiger partial charge in [-0.3, -0.25) is 9.59 Å². The molecular weight excluding hydrogens is 624 g/mol. The van der Waals surface area contributed by atoms with E-state index < -0.39 is 106 Å². The van der Waals surface area contributed by atoms with Crippen LogP contribution in [-0.2, 0) is 19.1 Å². The van der Waals surface area contributed by atoms with Crippen molar-refractivity contribution < 1.29 is 59.9 Å². The largest absolute Gasteiger partial charge is 0.432 e. The van der Waals surface area contributed by atoms with Gasteiger partial charge in [0.15, 0.2) is 5.78 Å². The maximum Gasteiger partial charge on any atom is 0.315 e. The van der Waals surface area contributed by atoms with Crippen molar-refractivity contribution in [2.75, 3.05) is 13.2 Å². The van der Waals surface area contributed by atoms with Crippen LogP contribution in [0.25, 0.3) is 0 Å². The number of carbonyl (C=O) groups excluding carboxylic acids is 2. The van der Waals surface area contributed by atoms with Gasteiger partial charge < -0.3 is 50.3 Å². The van der Waals surface area contributed by atoms with E-state index in [1.165, 1.54) is 0 Å². The topological polar surface area (TPSA) is 214 Å². The summed E-state index contributed by atoms with van der Waals surface area (Å²) in [5.74, 6) is -2.49. The number of hydrogen-bond acceptors (Lipinski definition) is 12. The van der Waals surface area contributed by atoms with Crippen LogP contribution in [0.1, 0.15) is 86.5 Å². The van der Waals surface area contributed by atoms with Gasteiger partial charge >= 0.3 is 5.97 Å². The van der Waals surface area contributed by atoms with Gasteiger partial charge in [-0.2, -0.15) is 0 Å². The van der Waals surface area contributed by atoms with Crippen LogP contribution in [0, 0.1) is 50.2 Å². The van der Waals surface area contributed by atoms with E-state index in [0.717, 1.165) is 0 Å². The monoisotopic (exact) mass is 680 g/mol. The third-order valence-corrected chi connectivity index (χ3v) is 15.2. The fourth-order valence-electron chi connectivity index (χ4n) is 12.0. The molecule has 0 unspecified atom stereocenters. The highest BCUT2D eigenvalue weighted by Gasteiger charge is 2.73. The van der Waals surface area contributed by atoms with Gasteiger partial charge in [-0.25, -0.2) is 0 Å². The fraction of sp³-hybridized carbons (Fsp3) is 0.889. The van der Waals surface area contributed by atoms with E-state index in [9.17, 15) is 50.4 Å². The molecule has 6 rings (SSSR count). The van der Waals surface area contributed by atoms with Gasteiger partial charge in [0.05, 0.1) is 36.9 Å². The molecule has 8 N–H and O–H groups in total. The minimum atomic E-state index is -1.78. The standard InChI is InChI=1S/C36H56O12/c1-31(2)9-11-36(30(46)48-29-25(43)24(42)23(41)20(15-37)47-29)12-10-34(5)17(22(36)28(31)45)13-18(39)26-32(3)14-19(40)27(44)33(4,16-38)21(32)7-8-35(26,34)6/h13,19-29,37-38,40-45H,7-12,14-16H2,1-6H3/t19-,20-,21-,22-,23-,24+,25-,26-,27+,28-,29+,32+,33+,34-,35-,36+/m1/s1. The van der Waals surface area contributed by atoms with Gasteiger partial charge in [-0.1, -0.05) is 47.1 Å². The van der Waals surface area contributed by atoms with Crippen LogP contribution in [0.4, 0.5) is 0 Å². The van der Waals surface area contributed by atoms with E-state index in [4.69, 9.17) is 9.47 Å². The molecule has 0 aromatic heterocycles. The zero-order chi connectivity index (χ0) is 35.6. The predicted molar refractivity (Wildman–Crippen MR) is 169 cm³/mol. The van der Waals surface area contributed by atoms with E-state index in [1.54, 1.807) is 13.0 Å². The van der Waals surface area contributed by atoms with E-state index in [-0.39, 0.29) is 24.7 Å². The first-order chi connectivity index (χ1) is 22.2. The molecule has 0 aromatic rings. The average Bonchev–Trinajstić information content (AvgIpc) is 3.02. The number of rotatable bonds is 4. The molecule has 1 aliphatic heterocycles. The van der Waals surface area contributed by atoms with Crippen molar-refractivity contribution in [2.45, 2.75) is 136 Å². The van der Waals surface area contributed by atoms with E-state index in [0.29, 0.717) is 44.1 Å². The van der Waals surface area contributed by atoms with E-state index >= 15 is 0 Å². The average molecular weight is 681 g/mol. The second-order valence-electron chi connectivity index (χ2n) is 17.8. The SMILES string of the molecule is CC1(C)CC[C@]2(C(=O)O[C@@H]3O[C@H](CO)[C@@H](O)[C@H](O)[C@H]3O)CC[C@]3(C)C(=CC(=O)[C@@H]4[C@@]5(C)C[C@@H](O)[C@H](O)[C@@](C)(CO)[C@@H]5CC[C@]43C)[C@@H]2[C@H]1O. The van der Waals surface area contributed by atoms with Crippen LogP contribution in [0.3, 0.4) is 0 Å². The summed E-state index contributed by atoms with van der Waals surface area (Å²) in [7, 11) is 0. The van der Waals surface area contributed by atoms with Gasteiger partial charge in [0.1, 0.15) is 24.4 Å². The van der Waals surface area contributed by atoms with Gasteiger partial charge in [0.25, 0.3) is 0 Å². The highest BCUT2D eigenvalue weighted by Crippen LogP contribution is 2.75. The summed E-state index contributed by atoms with van der Waals surface area (Å²) in [4.78, 5) is 29.1. The van der Waals surface area contributed by atoms with Crippen molar-refractivity contribution in [1.29, 1.82) is 0 Å². The molecule has 0 amide bonds. The maximum atomic E-state index is 14.7. The lowest BCUT2D eigenvalue weighted by atomic mass is 9.33. The lowest BCUT2D eigenvalue weighted by molar-refractivity contribution is -0.298. The molecule has 0 bridgehead atoms. The first-order valence-corrected chi connectivity index (χ1v) is 17.6. The molecule has 1 saturated heterocycles. The molecule has 0 radical (unpaired) electrons. The molecule has 1 heterocycles. The zero-order valence-corrected chi connectivity index (χ0v) is 29.0. The van der Waals surface area contributed by atoms with Crippen molar-refractivity contribution >= 4 is 11.8 Å². The summed E-state index contributed by atoms with van der Waals surface area (Å²) in [6, 6.07) is 0. The summed E-state index contributed by atoms with van der Waals surface area (Å²) in [5, 5.41) is 85.8. The fourth-order valence-corrected chi connectivity index (χ4v) is 12.0. The second-order valence-corrected chi connectivity index (χ2v) is 17.8. The van der Waals surface area contributed by atoms with Crippen LogP contribution >= 0.6 is 0 Å². The number of carbonyl (C=O) groups is 2. The van der Waals surface area contributed by atoms with Crippen LogP contribution in [-0.4, -0.2) is 115 Å². The van der Waals surface area contributed by atoms with Crippen LogP contribution in [0.5, 0.6) is 0 Å². The second kappa shape index (κ2) is 11.5. The number of ether oxygens (including phenoxy) is 2. The number of ketones is 1. The quantitative estimate of drug-likeness (QED) is 0.192. The van der Waals surface area contributed by atoms with Crippen LogP contribution in [0.15, 0.2) is 11.6 Å². The molecule has 5 fully saturated rings. The number of allylic oxidation sites excluding steroid dienone is 1. The molecular formula is C36H56O12. The Morgan fingerprint density at radius 2 is 1.52 bits per heavy atom. The minimum Gasteiger partial charge on any atom is -0.432 e. The van der Waals surface area contributed by atoms with Crippen molar-refractivity contribution in [2.24, 2.45) is 50.2 Å². The van der Waals surface area contributed by atoms with Crippen LogP contribution in [0.2, 0.25) is 0 Å². The van der Waals surface area contributed by atoms with Crippen molar-refractivity contribution in [3.05, 3.63) is 11.6 Å². The molecule has 12 nitrogen and oxygen atoms in total. The van der Waals surface area contributed by atoms with Gasteiger partial charge in [-0.15, -0.1) is 0 Å². The Labute approximate surface area is 282 Å².